The van der Waals surface area contributed by atoms with E-state index in [4.69, 9.17) is 14.5 Å². The number of fused-ring (bicyclic) bond motifs is 1. The number of imidazole rings is 1. The zero-order valence-electron chi connectivity index (χ0n) is 17.3. The third-order valence-corrected chi connectivity index (χ3v) is 5.46. The molecule has 1 aliphatic heterocycles. The maximum Gasteiger partial charge on any atom is 0.251 e. The van der Waals surface area contributed by atoms with Crippen LogP contribution in [0.5, 0.6) is 5.75 Å². The van der Waals surface area contributed by atoms with Gasteiger partial charge in [-0.25, -0.2) is 4.98 Å². The van der Waals surface area contributed by atoms with Crippen molar-refractivity contribution in [3.8, 4) is 5.75 Å². The Labute approximate surface area is 176 Å². The minimum Gasteiger partial charge on any atom is -0.497 e. The van der Waals surface area contributed by atoms with Gasteiger partial charge in [-0.2, -0.15) is 0 Å². The van der Waals surface area contributed by atoms with E-state index in [1.54, 1.807) is 31.4 Å². The number of carbonyl (C=O) groups is 1. The summed E-state index contributed by atoms with van der Waals surface area (Å²) in [6, 6.07) is 15.3. The molecular weight excluding hydrogens is 380 g/mol. The largest absolute Gasteiger partial charge is 0.497 e. The lowest BCUT2D eigenvalue weighted by molar-refractivity contribution is 0.0364. The SMILES string of the molecule is COc1ccc(C(=O)NCCc2nc3ccccc3n2CCN2CCOCC2)cc1. The molecule has 1 N–H and O–H groups in total. The summed E-state index contributed by atoms with van der Waals surface area (Å²) in [4.78, 5) is 19.7. The van der Waals surface area contributed by atoms with Gasteiger partial charge in [-0.15, -0.1) is 0 Å². The number of hydrogen-bond donors (Lipinski definition) is 1. The predicted molar refractivity (Wildman–Crippen MR) is 116 cm³/mol. The number of para-hydroxylation sites is 2. The maximum absolute atomic E-state index is 12.4. The number of methoxy groups -OCH3 is 1. The van der Waals surface area contributed by atoms with Gasteiger partial charge in [0.1, 0.15) is 11.6 Å². The van der Waals surface area contributed by atoms with Crippen LogP contribution in [0.25, 0.3) is 11.0 Å². The highest BCUT2D eigenvalue weighted by Crippen LogP contribution is 2.17. The topological polar surface area (TPSA) is 68.6 Å². The van der Waals surface area contributed by atoms with Crippen LogP contribution in [0.3, 0.4) is 0 Å². The lowest BCUT2D eigenvalue weighted by Crippen LogP contribution is -2.38. The molecule has 7 nitrogen and oxygen atoms in total. The Hall–Kier alpha value is -2.90. The average molecular weight is 409 g/mol. The van der Waals surface area contributed by atoms with Crippen LogP contribution < -0.4 is 10.1 Å². The first kappa shape index (κ1) is 20.4. The maximum atomic E-state index is 12.4. The summed E-state index contributed by atoms with van der Waals surface area (Å²) in [5.74, 6) is 1.65. The molecule has 0 aliphatic carbocycles. The number of amides is 1. The Bertz CT molecular complexity index is 978. The highest BCUT2D eigenvalue weighted by Gasteiger charge is 2.14. The molecule has 2 aromatic carbocycles. The molecule has 0 spiro atoms. The van der Waals surface area contributed by atoms with E-state index in [0.29, 0.717) is 18.5 Å². The van der Waals surface area contributed by atoms with E-state index < -0.39 is 0 Å². The lowest BCUT2D eigenvalue weighted by Gasteiger charge is -2.27. The summed E-state index contributed by atoms with van der Waals surface area (Å²) < 4.78 is 12.9. The number of rotatable bonds is 8. The number of morpholine rings is 1. The molecule has 0 atom stereocenters. The minimum atomic E-state index is -0.0892. The average Bonchev–Trinajstić information content (AvgIpc) is 3.15. The summed E-state index contributed by atoms with van der Waals surface area (Å²) in [5, 5.41) is 3.00. The first-order valence-corrected chi connectivity index (χ1v) is 10.4. The summed E-state index contributed by atoms with van der Waals surface area (Å²) in [6.07, 6.45) is 0.680. The van der Waals surface area contributed by atoms with E-state index in [2.05, 4.69) is 20.9 Å². The van der Waals surface area contributed by atoms with Gasteiger partial charge in [0.15, 0.2) is 0 Å². The molecule has 0 unspecified atom stereocenters. The van der Waals surface area contributed by atoms with Crippen LogP contribution in [0, 0.1) is 0 Å². The summed E-state index contributed by atoms with van der Waals surface area (Å²) in [6.45, 7) is 5.92. The molecule has 4 rings (SSSR count). The van der Waals surface area contributed by atoms with Crippen LogP contribution in [-0.4, -0.2) is 66.9 Å². The summed E-state index contributed by atoms with van der Waals surface area (Å²) in [5.41, 5.74) is 2.76. The number of carbonyl (C=O) groups excluding carboxylic acids is 1. The number of aromatic nitrogens is 2. The van der Waals surface area contributed by atoms with Crippen molar-refractivity contribution >= 4 is 16.9 Å². The number of nitrogens with one attached hydrogen (secondary N) is 1. The highest BCUT2D eigenvalue weighted by atomic mass is 16.5. The van der Waals surface area contributed by atoms with Gasteiger partial charge in [-0.05, 0) is 36.4 Å². The van der Waals surface area contributed by atoms with Crippen molar-refractivity contribution < 1.29 is 14.3 Å². The molecule has 1 saturated heterocycles. The van der Waals surface area contributed by atoms with Crippen molar-refractivity contribution in [1.29, 1.82) is 0 Å². The molecule has 1 aromatic heterocycles. The van der Waals surface area contributed by atoms with Crippen molar-refractivity contribution in [2.24, 2.45) is 0 Å². The van der Waals surface area contributed by atoms with E-state index >= 15 is 0 Å². The lowest BCUT2D eigenvalue weighted by atomic mass is 10.2. The normalized spacial score (nSPS) is 14.7. The van der Waals surface area contributed by atoms with Gasteiger partial charge in [0.25, 0.3) is 5.91 Å². The molecule has 1 aliphatic rings. The summed E-state index contributed by atoms with van der Waals surface area (Å²) >= 11 is 0. The first-order chi connectivity index (χ1) is 14.7. The van der Waals surface area contributed by atoms with E-state index in [1.807, 2.05) is 18.2 Å². The van der Waals surface area contributed by atoms with Gasteiger partial charge in [-0.3, -0.25) is 9.69 Å². The first-order valence-electron chi connectivity index (χ1n) is 10.4. The van der Waals surface area contributed by atoms with Crippen molar-refractivity contribution in [2.75, 3.05) is 46.5 Å². The number of ether oxygens (including phenoxy) is 2. The van der Waals surface area contributed by atoms with Crippen molar-refractivity contribution in [3.05, 3.63) is 59.9 Å². The second-order valence-corrected chi connectivity index (χ2v) is 7.36. The molecule has 1 amide bonds. The Morgan fingerprint density at radius 1 is 1.10 bits per heavy atom. The van der Waals surface area contributed by atoms with Gasteiger partial charge in [0, 0.05) is 44.7 Å². The van der Waals surface area contributed by atoms with Crippen LogP contribution in [0.4, 0.5) is 0 Å². The zero-order valence-corrected chi connectivity index (χ0v) is 17.3. The smallest absolute Gasteiger partial charge is 0.251 e. The number of nitrogens with zero attached hydrogens (tertiary/aromatic N) is 3. The molecule has 0 saturated carbocycles. The molecule has 1 fully saturated rings. The van der Waals surface area contributed by atoms with Crippen molar-refractivity contribution in [2.45, 2.75) is 13.0 Å². The second kappa shape index (κ2) is 9.73. The van der Waals surface area contributed by atoms with E-state index in [-0.39, 0.29) is 5.91 Å². The third-order valence-electron chi connectivity index (χ3n) is 5.46. The van der Waals surface area contributed by atoms with E-state index in [0.717, 1.165) is 62.0 Å². The van der Waals surface area contributed by atoms with Gasteiger partial charge >= 0.3 is 0 Å². The fourth-order valence-electron chi connectivity index (χ4n) is 3.76. The Morgan fingerprint density at radius 3 is 2.63 bits per heavy atom. The molecule has 0 radical (unpaired) electrons. The third kappa shape index (κ3) is 4.80. The summed E-state index contributed by atoms with van der Waals surface area (Å²) in [7, 11) is 1.61. The second-order valence-electron chi connectivity index (χ2n) is 7.36. The predicted octanol–water partition coefficient (Wildman–Crippen LogP) is 2.35. The standard InChI is InChI=1S/C23H28N4O3/c1-29-19-8-6-18(7-9-19)23(28)24-11-10-22-25-20-4-2-3-5-21(20)27(22)13-12-26-14-16-30-17-15-26/h2-9H,10-17H2,1H3,(H,24,28). The van der Waals surface area contributed by atoms with Gasteiger partial charge in [0.05, 0.1) is 31.4 Å². The monoisotopic (exact) mass is 408 g/mol. The highest BCUT2D eigenvalue weighted by molar-refractivity contribution is 5.94. The van der Waals surface area contributed by atoms with Crippen LogP contribution in [0.15, 0.2) is 48.5 Å². The van der Waals surface area contributed by atoms with Gasteiger partial charge in [0.2, 0.25) is 0 Å². The molecule has 0 bridgehead atoms. The van der Waals surface area contributed by atoms with Gasteiger partial charge in [-0.1, -0.05) is 12.1 Å². The van der Waals surface area contributed by atoms with Crippen LogP contribution in [0.2, 0.25) is 0 Å². The molecule has 3 aromatic rings. The van der Waals surface area contributed by atoms with Gasteiger partial charge < -0.3 is 19.4 Å². The molecule has 7 heteroatoms. The zero-order chi connectivity index (χ0) is 20.8. The molecule has 158 valence electrons. The van der Waals surface area contributed by atoms with Crippen molar-refractivity contribution in [1.82, 2.24) is 19.8 Å². The minimum absolute atomic E-state index is 0.0892. The Balaban J connectivity index is 1.40. The van der Waals surface area contributed by atoms with E-state index in [9.17, 15) is 4.79 Å². The number of benzene rings is 2. The quantitative estimate of drug-likeness (QED) is 0.620. The molecule has 30 heavy (non-hydrogen) atoms. The Kier molecular flexibility index (Phi) is 6.61. The number of hydrogen-bond acceptors (Lipinski definition) is 5. The van der Waals surface area contributed by atoms with Crippen LogP contribution in [0.1, 0.15) is 16.2 Å². The van der Waals surface area contributed by atoms with E-state index in [1.165, 1.54) is 0 Å². The van der Waals surface area contributed by atoms with Crippen molar-refractivity contribution in [3.63, 3.8) is 0 Å². The van der Waals surface area contributed by atoms with Crippen LogP contribution >= 0.6 is 0 Å². The Morgan fingerprint density at radius 2 is 1.87 bits per heavy atom. The van der Waals surface area contributed by atoms with Crippen LogP contribution in [-0.2, 0) is 17.7 Å². The fraction of sp³-hybridized carbons (Fsp3) is 0.391. The molecule has 2 heterocycles. The fourth-order valence-corrected chi connectivity index (χ4v) is 3.76. The molecular formula is C23H28N4O3.